The number of carbonyl (C=O) groups is 1. The lowest BCUT2D eigenvalue weighted by Crippen LogP contribution is -1.97. The predicted octanol–water partition coefficient (Wildman–Crippen LogP) is 6.79. The molecule has 0 unspecified atom stereocenters. The lowest BCUT2D eigenvalue weighted by atomic mass is 10.1. The Balaban J connectivity index is 1.71. The number of benzene rings is 2. The van der Waals surface area contributed by atoms with Gasteiger partial charge in [-0.2, -0.15) is 0 Å². The first-order valence-electron chi connectivity index (χ1n) is 8.93. The van der Waals surface area contributed by atoms with Crippen LogP contribution < -0.4 is 4.74 Å². The molecule has 0 aliphatic heterocycles. The van der Waals surface area contributed by atoms with E-state index in [1.165, 1.54) is 10.4 Å². The zero-order valence-corrected chi connectivity index (χ0v) is 17.6. The Morgan fingerprint density at radius 3 is 2.70 bits per heavy atom. The van der Waals surface area contributed by atoms with Gasteiger partial charge in [-0.05, 0) is 54.5 Å². The third-order valence-corrected chi connectivity index (χ3v) is 5.57. The highest BCUT2D eigenvalue weighted by Gasteiger charge is 2.08. The van der Waals surface area contributed by atoms with Gasteiger partial charge in [-0.15, -0.1) is 11.3 Å². The molecule has 138 valence electrons. The van der Waals surface area contributed by atoms with E-state index >= 15 is 0 Å². The first-order chi connectivity index (χ1) is 13.2. The van der Waals surface area contributed by atoms with E-state index in [4.69, 9.17) is 4.74 Å². The second-order valence-corrected chi connectivity index (χ2v) is 8.24. The van der Waals surface area contributed by atoms with Gasteiger partial charge in [0.2, 0.25) is 0 Å². The standard InChI is InChI=1S/C23H21BrO2S/c1-2-14-26-22-12-9-19(24)16-18(22)8-11-21(25)23-13-10-20(27-23)15-17-6-4-3-5-7-17/h3-13,16H,2,14-15H2,1H3/b11-8+. The summed E-state index contributed by atoms with van der Waals surface area (Å²) in [7, 11) is 0. The van der Waals surface area contributed by atoms with Gasteiger partial charge in [-0.25, -0.2) is 0 Å². The van der Waals surface area contributed by atoms with Crippen LogP contribution in [-0.4, -0.2) is 12.4 Å². The van der Waals surface area contributed by atoms with E-state index < -0.39 is 0 Å². The maximum absolute atomic E-state index is 12.6. The Hall–Kier alpha value is -2.17. The van der Waals surface area contributed by atoms with Crippen LogP contribution in [0.2, 0.25) is 0 Å². The SMILES string of the molecule is CCCOc1ccc(Br)cc1/C=C/C(=O)c1ccc(Cc2ccccc2)s1. The van der Waals surface area contributed by atoms with Crippen molar-refractivity contribution in [2.75, 3.05) is 6.61 Å². The number of hydrogen-bond donors (Lipinski definition) is 0. The molecule has 0 spiro atoms. The minimum atomic E-state index is 0.0146. The van der Waals surface area contributed by atoms with Gasteiger partial charge < -0.3 is 4.74 Å². The van der Waals surface area contributed by atoms with Crippen molar-refractivity contribution in [3.8, 4) is 5.75 Å². The summed E-state index contributed by atoms with van der Waals surface area (Å²) >= 11 is 5.03. The summed E-state index contributed by atoms with van der Waals surface area (Å²) in [5, 5.41) is 0. The molecular weight excluding hydrogens is 420 g/mol. The smallest absolute Gasteiger partial charge is 0.195 e. The average molecular weight is 441 g/mol. The van der Waals surface area contributed by atoms with Crippen LogP contribution in [0.4, 0.5) is 0 Å². The Bertz CT molecular complexity index is 929. The largest absolute Gasteiger partial charge is 0.493 e. The molecular formula is C23H21BrO2S. The maximum atomic E-state index is 12.6. The first-order valence-corrected chi connectivity index (χ1v) is 10.5. The van der Waals surface area contributed by atoms with Crippen LogP contribution in [-0.2, 0) is 6.42 Å². The zero-order valence-electron chi connectivity index (χ0n) is 15.2. The summed E-state index contributed by atoms with van der Waals surface area (Å²) < 4.78 is 6.73. The second kappa shape index (κ2) is 9.67. The molecule has 3 aromatic rings. The molecule has 0 bridgehead atoms. The van der Waals surface area contributed by atoms with E-state index in [0.717, 1.165) is 33.5 Å². The topological polar surface area (TPSA) is 26.3 Å². The van der Waals surface area contributed by atoms with Crippen molar-refractivity contribution in [3.63, 3.8) is 0 Å². The van der Waals surface area contributed by atoms with Crippen LogP contribution in [0, 0.1) is 0 Å². The molecule has 3 rings (SSSR count). The molecule has 0 fully saturated rings. The van der Waals surface area contributed by atoms with Crippen molar-refractivity contribution >= 4 is 39.1 Å². The number of rotatable bonds is 8. The number of thiophene rings is 1. The molecule has 4 heteroatoms. The van der Waals surface area contributed by atoms with Crippen LogP contribution >= 0.6 is 27.3 Å². The second-order valence-electron chi connectivity index (χ2n) is 6.16. The molecule has 27 heavy (non-hydrogen) atoms. The van der Waals surface area contributed by atoms with Crippen molar-refractivity contribution < 1.29 is 9.53 Å². The van der Waals surface area contributed by atoms with Crippen molar-refractivity contribution in [2.45, 2.75) is 19.8 Å². The number of halogens is 1. The molecule has 0 aliphatic carbocycles. The predicted molar refractivity (Wildman–Crippen MR) is 117 cm³/mol. The highest BCUT2D eigenvalue weighted by molar-refractivity contribution is 9.10. The number of ketones is 1. The fraction of sp³-hybridized carbons (Fsp3) is 0.174. The number of ether oxygens (including phenoxy) is 1. The van der Waals surface area contributed by atoms with Gasteiger partial charge in [0, 0.05) is 21.3 Å². The van der Waals surface area contributed by atoms with Crippen molar-refractivity contribution in [3.05, 3.63) is 92.1 Å². The Kier molecular flexibility index (Phi) is 7.02. The van der Waals surface area contributed by atoms with Crippen LogP contribution in [0.15, 0.2) is 71.2 Å². The monoisotopic (exact) mass is 440 g/mol. The van der Waals surface area contributed by atoms with Gasteiger partial charge >= 0.3 is 0 Å². The molecule has 0 N–H and O–H groups in total. The molecule has 1 aromatic heterocycles. The molecule has 0 atom stereocenters. The van der Waals surface area contributed by atoms with Gasteiger partial charge in [-0.1, -0.05) is 53.2 Å². The van der Waals surface area contributed by atoms with Crippen LogP contribution in [0.5, 0.6) is 5.75 Å². The summed E-state index contributed by atoms with van der Waals surface area (Å²) in [5.41, 5.74) is 2.15. The summed E-state index contributed by atoms with van der Waals surface area (Å²) in [6, 6.07) is 20.1. The molecule has 0 aliphatic rings. The maximum Gasteiger partial charge on any atom is 0.195 e. The fourth-order valence-electron chi connectivity index (χ4n) is 2.64. The molecule has 0 saturated carbocycles. The van der Waals surface area contributed by atoms with Crippen LogP contribution in [0.1, 0.15) is 39.0 Å². The lowest BCUT2D eigenvalue weighted by molar-refractivity contribution is 0.105. The highest BCUT2D eigenvalue weighted by Crippen LogP contribution is 2.26. The minimum absolute atomic E-state index is 0.0146. The Morgan fingerprint density at radius 2 is 1.93 bits per heavy atom. The minimum Gasteiger partial charge on any atom is -0.493 e. The normalized spacial score (nSPS) is 11.0. The van der Waals surface area contributed by atoms with E-state index in [0.29, 0.717) is 6.61 Å². The lowest BCUT2D eigenvalue weighted by Gasteiger charge is -2.08. The van der Waals surface area contributed by atoms with Gasteiger partial charge in [0.1, 0.15) is 5.75 Å². The highest BCUT2D eigenvalue weighted by atomic mass is 79.9. The summed E-state index contributed by atoms with van der Waals surface area (Å²) in [6.07, 6.45) is 5.24. The van der Waals surface area contributed by atoms with Crippen molar-refractivity contribution in [2.24, 2.45) is 0 Å². The quantitative estimate of drug-likeness (QED) is 0.284. The average Bonchev–Trinajstić information content (AvgIpc) is 3.14. The fourth-order valence-corrected chi connectivity index (χ4v) is 3.98. The summed E-state index contributed by atoms with van der Waals surface area (Å²) in [6.45, 7) is 2.73. The Labute approximate surface area is 172 Å². The molecule has 0 saturated heterocycles. The van der Waals surface area contributed by atoms with Gasteiger partial charge in [-0.3, -0.25) is 4.79 Å². The van der Waals surface area contributed by atoms with E-state index in [1.54, 1.807) is 17.4 Å². The van der Waals surface area contributed by atoms with Gasteiger partial charge in [0.15, 0.2) is 5.78 Å². The van der Waals surface area contributed by atoms with Gasteiger partial charge in [0.25, 0.3) is 0 Å². The number of allylic oxidation sites excluding steroid dienone is 1. The molecule has 2 aromatic carbocycles. The van der Waals surface area contributed by atoms with Crippen LogP contribution in [0.3, 0.4) is 0 Å². The third kappa shape index (κ3) is 5.65. The van der Waals surface area contributed by atoms with E-state index in [2.05, 4.69) is 35.0 Å². The third-order valence-electron chi connectivity index (χ3n) is 3.97. The van der Waals surface area contributed by atoms with Crippen molar-refractivity contribution in [1.82, 2.24) is 0 Å². The van der Waals surface area contributed by atoms with Crippen LogP contribution in [0.25, 0.3) is 6.08 Å². The summed E-state index contributed by atoms with van der Waals surface area (Å²) in [4.78, 5) is 14.5. The molecule has 1 heterocycles. The first kappa shape index (κ1) is 19.6. The van der Waals surface area contributed by atoms with E-state index in [9.17, 15) is 4.79 Å². The van der Waals surface area contributed by atoms with Crippen molar-refractivity contribution in [1.29, 1.82) is 0 Å². The molecule has 2 nitrogen and oxygen atoms in total. The number of carbonyl (C=O) groups excluding carboxylic acids is 1. The van der Waals surface area contributed by atoms with E-state index in [1.807, 2.05) is 54.6 Å². The molecule has 0 radical (unpaired) electrons. The van der Waals surface area contributed by atoms with E-state index in [-0.39, 0.29) is 5.78 Å². The Morgan fingerprint density at radius 1 is 1.11 bits per heavy atom. The number of hydrogen-bond acceptors (Lipinski definition) is 3. The summed E-state index contributed by atoms with van der Waals surface area (Å²) in [5.74, 6) is 0.806. The zero-order chi connectivity index (χ0) is 19.1. The van der Waals surface area contributed by atoms with Gasteiger partial charge in [0.05, 0.1) is 11.5 Å². The molecule has 0 amide bonds.